The molecule has 1 spiro atoms. The smallest absolute Gasteiger partial charge is 0.168 e. The summed E-state index contributed by atoms with van der Waals surface area (Å²) >= 11 is 0. The summed E-state index contributed by atoms with van der Waals surface area (Å²) in [6.45, 7) is 3.52. The lowest BCUT2D eigenvalue weighted by Gasteiger charge is -2.39. The van der Waals surface area contributed by atoms with Crippen LogP contribution in [0.25, 0.3) is 0 Å². The van der Waals surface area contributed by atoms with Gasteiger partial charge in [0, 0.05) is 25.9 Å². The zero-order valence-electron chi connectivity index (χ0n) is 11.6. The van der Waals surface area contributed by atoms with Crippen molar-refractivity contribution in [2.75, 3.05) is 25.2 Å². The van der Waals surface area contributed by atoms with Gasteiger partial charge in [0.1, 0.15) is 0 Å². The Morgan fingerprint density at radius 2 is 1.95 bits per heavy atom. The topological polar surface area (TPSA) is 47.5 Å². The molecule has 0 radical (unpaired) electrons. The Kier molecular flexibility index (Phi) is 3.41. The number of nitrogens with zero attached hydrogens (tertiary/aromatic N) is 3. The Hall–Kier alpha value is -1.20. The molecule has 2 aliphatic rings. The molecule has 2 fully saturated rings. The van der Waals surface area contributed by atoms with Gasteiger partial charge in [-0.15, -0.1) is 5.10 Å². The van der Waals surface area contributed by atoms with Gasteiger partial charge in [-0.2, -0.15) is 5.10 Å². The average Bonchev–Trinajstić information content (AvgIpc) is 2.87. The summed E-state index contributed by atoms with van der Waals surface area (Å²) in [7, 11) is 2.10. The van der Waals surface area contributed by atoms with Crippen LogP contribution in [0, 0.1) is 6.92 Å². The van der Waals surface area contributed by atoms with Gasteiger partial charge in [-0.3, -0.25) is 0 Å². The van der Waals surface area contributed by atoms with Gasteiger partial charge in [-0.1, -0.05) is 0 Å². The summed E-state index contributed by atoms with van der Waals surface area (Å²) in [6, 6.07) is 2.58. The van der Waals surface area contributed by atoms with Crippen LogP contribution in [0.15, 0.2) is 12.3 Å². The van der Waals surface area contributed by atoms with Gasteiger partial charge in [0.15, 0.2) is 11.6 Å². The molecule has 1 saturated carbocycles. The van der Waals surface area contributed by atoms with Crippen molar-refractivity contribution in [3.8, 4) is 0 Å². The molecule has 104 valence electrons. The fraction of sp³-hybridized carbons (Fsp3) is 0.714. The van der Waals surface area contributed by atoms with Gasteiger partial charge in [-0.05, 0) is 31.4 Å². The van der Waals surface area contributed by atoms with E-state index >= 15 is 0 Å². The van der Waals surface area contributed by atoms with Crippen molar-refractivity contribution in [1.29, 1.82) is 0 Å². The van der Waals surface area contributed by atoms with Crippen molar-refractivity contribution in [1.82, 2.24) is 10.2 Å². The minimum Gasteiger partial charge on any atom is -0.355 e. The molecule has 0 aromatic carbocycles. The highest BCUT2D eigenvalue weighted by molar-refractivity contribution is 5.39. The molecule has 0 bridgehead atoms. The fourth-order valence-corrected chi connectivity index (χ4v) is 3.02. The molecule has 3 rings (SSSR count). The fourth-order valence-electron chi connectivity index (χ4n) is 3.02. The summed E-state index contributed by atoms with van der Waals surface area (Å²) in [6.07, 6.45) is 5.88. The van der Waals surface area contributed by atoms with Gasteiger partial charge in [0.25, 0.3) is 0 Å². The Morgan fingerprint density at radius 3 is 2.58 bits per heavy atom. The van der Waals surface area contributed by atoms with E-state index in [0.717, 1.165) is 50.3 Å². The van der Waals surface area contributed by atoms with E-state index < -0.39 is 0 Å². The van der Waals surface area contributed by atoms with Crippen LogP contribution in [0.2, 0.25) is 0 Å². The lowest BCUT2D eigenvalue weighted by Crippen LogP contribution is -2.43. The van der Waals surface area contributed by atoms with Crippen LogP contribution in [-0.4, -0.2) is 42.3 Å². The molecule has 1 aliphatic heterocycles. The van der Waals surface area contributed by atoms with E-state index in [0.29, 0.717) is 6.04 Å². The van der Waals surface area contributed by atoms with Gasteiger partial charge in [0.05, 0.1) is 19.4 Å². The molecule has 1 saturated heterocycles. The van der Waals surface area contributed by atoms with Crippen LogP contribution >= 0.6 is 0 Å². The number of ether oxygens (including phenoxy) is 2. The predicted molar refractivity (Wildman–Crippen MR) is 72.1 cm³/mol. The molecule has 1 aromatic heterocycles. The van der Waals surface area contributed by atoms with Crippen LogP contribution in [0.5, 0.6) is 0 Å². The Bertz CT molecular complexity index is 436. The predicted octanol–water partition coefficient (Wildman–Crippen LogP) is 1.91. The van der Waals surface area contributed by atoms with Crippen LogP contribution in [0.4, 0.5) is 5.82 Å². The minimum atomic E-state index is -0.282. The lowest BCUT2D eigenvalue weighted by molar-refractivity contribution is -0.178. The highest BCUT2D eigenvalue weighted by Crippen LogP contribution is 2.37. The molecule has 1 aliphatic carbocycles. The maximum absolute atomic E-state index is 5.77. The number of anilines is 1. The molecular formula is C14H21N3O2. The summed E-state index contributed by atoms with van der Waals surface area (Å²) in [5.41, 5.74) is 1.14. The van der Waals surface area contributed by atoms with Gasteiger partial charge in [-0.25, -0.2) is 0 Å². The standard InChI is InChI=1S/C14H21N3O2/c1-11-9-13(16-15-10-11)17(2)12-3-5-14(6-4-12)18-7-8-19-14/h9-10,12H,3-8H2,1-2H3. The Morgan fingerprint density at radius 1 is 1.26 bits per heavy atom. The highest BCUT2D eigenvalue weighted by Gasteiger charge is 2.41. The van der Waals surface area contributed by atoms with Crippen LogP contribution in [0.1, 0.15) is 31.2 Å². The van der Waals surface area contributed by atoms with Crippen LogP contribution in [-0.2, 0) is 9.47 Å². The summed E-state index contributed by atoms with van der Waals surface area (Å²) in [5, 5.41) is 8.25. The van der Waals surface area contributed by atoms with Gasteiger partial charge < -0.3 is 14.4 Å². The van der Waals surface area contributed by atoms with Gasteiger partial charge in [0.2, 0.25) is 0 Å². The summed E-state index contributed by atoms with van der Waals surface area (Å²) in [4.78, 5) is 2.24. The SMILES string of the molecule is Cc1cnnc(N(C)C2CCC3(CC2)OCCO3)c1. The highest BCUT2D eigenvalue weighted by atomic mass is 16.7. The van der Waals surface area contributed by atoms with E-state index in [1.165, 1.54) is 0 Å². The molecule has 0 unspecified atom stereocenters. The monoisotopic (exact) mass is 263 g/mol. The van der Waals surface area contributed by atoms with E-state index in [-0.39, 0.29) is 5.79 Å². The largest absolute Gasteiger partial charge is 0.355 e. The van der Waals surface area contributed by atoms with E-state index in [4.69, 9.17) is 9.47 Å². The summed E-state index contributed by atoms with van der Waals surface area (Å²) < 4.78 is 11.5. The third-order valence-electron chi connectivity index (χ3n) is 4.22. The average molecular weight is 263 g/mol. The maximum atomic E-state index is 5.77. The number of hydrogen-bond acceptors (Lipinski definition) is 5. The molecule has 2 heterocycles. The van der Waals surface area contributed by atoms with Crippen molar-refractivity contribution >= 4 is 5.82 Å². The van der Waals surface area contributed by atoms with E-state index in [2.05, 4.69) is 28.2 Å². The first-order chi connectivity index (χ1) is 9.19. The Labute approximate surface area is 113 Å². The third kappa shape index (κ3) is 2.58. The Balaban J connectivity index is 1.64. The number of aromatic nitrogens is 2. The zero-order chi connectivity index (χ0) is 13.3. The molecule has 0 N–H and O–H groups in total. The van der Waals surface area contributed by atoms with Crippen molar-refractivity contribution in [2.45, 2.75) is 44.4 Å². The van der Waals surface area contributed by atoms with Crippen LogP contribution < -0.4 is 4.90 Å². The molecular weight excluding hydrogens is 242 g/mol. The van der Waals surface area contributed by atoms with Crippen molar-refractivity contribution in [2.24, 2.45) is 0 Å². The lowest BCUT2D eigenvalue weighted by atomic mass is 9.89. The molecule has 19 heavy (non-hydrogen) atoms. The minimum absolute atomic E-state index is 0.282. The summed E-state index contributed by atoms with van der Waals surface area (Å²) in [5.74, 6) is 0.671. The number of rotatable bonds is 2. The van der Waals surface area contributed by atoms with E-state index in [1.807, 2.05) is 6.92 Å². The van der Waals surface area contributed by atoms with Gasteiger partial charge >= 0.3 is 0 Å². The third-order valence-corrected chi connectivity index (χ3v) is 4.22. The normalized spacial score (nSPS) is 22.8. The zero-order valence-corrected chi connectivity index (χ0v) is 11.6. The molecule has 0 amide bonds. The molecule has 5 nitrogen and oxygen atoms in total. The van der Waals surface area contributed by atoms with E-state index in [1.54, 1.807) is 6.20 Å². The molecule has 0 atom stereocenters. The second-order valence-corrected chi connectivity index (χ2v) is 5.54. The first-order valence-corrected chi connectivity index (χ1v) is 6.99. The van der Waals surface area contributed by atoms with Crippen molar-refractivity contribution in [3.63, 3.8) is 0 Å². The quantitative estimate of drug-likeness (QED) is 0.815. The van der Waals surface area contributed by atoms with E-state index in [9.17, 15) is 0 Å². The number of aryl methyl sites for hydroxylation is 1. The molecule has 1 aromatic rings. The second-order valence-electron chi connectivity index (χ2n) is 5.54. The molecule has 5 heteroatoms. The first kappa shape index (κ1) is 12.8. The number of hydrogen-bond donors (Lipinski definition) is 0. The van der Waals surface area contributed by atoms with Crippen molar-refractivity contribution in [3.05, 3.63) is 17.8 Å². The second kappa shape index (κ2) is 5.06. The van der Waals surface area contributed by atoms with Crippen LogP contribution in [0.3, 0.4) is 0 Å². The van der Waals surface area contributed by atoms with Crippen molar-refractivity contribution < 1.29 is 9.47 Å². The maximum Gasteiger partial charge on any atom is 0.168 e. The first-order valence-electron chi connectivity index (χ1n) is 6.99.